The number of nitrogen functional groups attached to an aromatic ring is 1. The van der Waals surface area contributed by atoms with Gasteiger partial charge in [-0.25, -0.2) is 9.37 Å². The second-order valence-electron chi connectivity index (χ2n) is 6.96. The molecule has 0 amide bonds. The van der Waals surface area contributed by atoms with Crippen LogP contribution in [0.25, 0.3) is 17.1 Å². The summed E-state index contributed by atoms with van der Waals surface area (Å²) < 4.78 is 19.5. The van der Waals surface area contributed by atoms with Gasteiger partial charge in [0.1, 0.15) is 23.2 Å². The maximum atomic E-state index is 14.2. The first-order chi connectivity index (χ1) is 14.0. The number of aromatic nitrogens is 4. The fourth-order valence-electron chi connectivity index (χ4n) is 3.10. The Morgan fingerprint density at radius 2 is 2.21 bits per heavy atom. The van der Waals surface area contributed by atoms with E-state index in [0.29, 0.717) is 35.4 Å². The quantitative estimate of drug-likeness (QED) is 0.614. The van der Waals surface area contributed by atoms with Gasteiger partial charge in [-0.15, -0.1) is 0 Å². The number of benzene rings is 1. The molecule has 29 heavy (non-hydrogen) atoms. The molecule has 0 bridgehead atoms. The highest BCUT2D eigenvalue weighted by atomic mass is 35.5. The van der Waals surface area contributed by atoms with Crippen molar-refractivity contribution in [1.29, 1.82) is 0 Å². The van der Waals surface area contributed by atoms with Crippen molar-refractivity contribution in [2.24, 2.45) is 4.99 Å². The van der Waals surface area contributed by atoms with Gasteiger partial charge in [-0.2, -0.15) is 4.98 Å². The van der Waals surface area contributed by atoms with Gasteiger partial charge in [0.05, 0.1) is 16.3 Å². The molecule has 0 aliphatic carbocycles. The number of aliphatic imine (C=N–C) groups is 1. The summed E-state index contributed by atoms with van der Waals surface area (Å²) in [6.07, 6.45) is 5.20. The number of nitrogens with two attached hydrogens (primary N) is 1. The molecule has 0 spiro atoms. The predicted octanol–water partition coefficient (Wildman–Crippen LogP) is 4.95. The van der Waals surface area contributed by atoms with E-state index in [0.717, 1.165) is 6.42 Å². The normalized spacial score (nSPS) is 17.4. The maximum Gasteiger partial charge on any atom is 0.276 e. The van der Waals surface area contributed by atoms with Crippen molar-refractivity contribution in [3.05, 3.63) is 52.5 Å². The van der Waals surface area contributed by atoms with Crippen LogP contribution in [-0.2, 0) is 0 Å². The Morgan fingerprint density at radius 1 is 1.38 bits per heavy atom. The number of aromatic amines is 1. The average molecular weight is 415 g/mol. The van der Waals surface area contributed by atoms with Crippen molar-refractivity contribution < 1.29 is 8.91 Å². The molecular formula is C20H20ClFN6O. The molecule has 0 saturated heterocycles. The summed E-state index contributed by atoms with van der Waals surface area (Å²) in [7, 11) is 0. The molecule has 1 aliphatic heterocycles. The Kier molecular flexibility index (Phi) is 5.19. The summed E-state index contributed by atoms with van der Waals surface area (Å²) in [4.78, 5) is 16.2. The van der Waals surface area contributed by atoms with Crippen LogP contribution in [0.4, 0.5) is 10.2 Å². The molecule has 0 saturated carbocycles. The van der Waals surface area contributed by atoms with Gasteiger partial charge in [0, 0.05) is 18.1 Å². The Bertz CT molecular complexity index is 1080. The van der Waals surface area contributed by atoms with Gasteiger partial charge < -0.3 is 15.2 Å². The second-order valence-corrected chi connectivity index (χ2v) is 7.36. The minimum atomic E-state index is -0.467. The number of allylic oxidation sites excluding steroid dienone is 1. The van der Waals surface area contributed by atoms with Crippen molar-refractivity contribution in [3.8, 4) is 11.4 Å². The summed E-state index contributed by atoms with van der Waals surface area (Å²) in [6, 6.07) is 4.47. The van der Waals surface area contributed by atoms with E-state index in [4.69, 9.17) is 21.9 Å². The molecule has 0 radical (unpaired) electrons. The zero-order valence-corrected chi connectivity index (χ0v) is 16.7. The van der Waals surface area contributed by atoms with Gasteiger partial charge in [-0.3, -0.25) is 4.99 Å². The highest BCUT2D eigenvalue weighted by Crippen LogP contribution is 2.34. The third-order valence-corrected chi connectivity index (χ3v) is 5.32. The smallest absolute Gasteiger partial charge is 0.276 e. The molecule has 3 N–H and O–H groups in total. The minimum Gasteiger partial charge on any atom is -0.382 e. The highest BCUT2D eigenvalue weighted by molar-refractivity contribution is 6.33. The Balaban J connectivity index is 1.56. The first kappa shape index (κ1) is 19.3. The van der Waals surface area contributed by atoms with Crippen LogP contribution in [0.1, 0.15) is 55.9 Å². The molecule has 0 fully saturated rings. The van der Waals surface area contributed by atoms with Crippen LogP contribution in [-0.4, -0.2) is 26.3 Å². The van der Waals surface area contributed by atoms with Gasteiger partial charge in [-0.05, 0) is 25.0 Å². The van der Waals surface area contributed by atoms with Crippen LogP contribution in [0, 0.1) is 5.82 Å². The molecule has 3 aromatic rings. The molecule has 3 heterocycles. The largest absolute Gasteiger partial charge is 0.382 e. The van der Waals surface area contributed by atoms with Crippen LogP contribution < -0.4 is 5.73 Å². The van der Waals surface area contributed by atoms with Gasteiger partial charge in [0.2, 0.25) is 0 Å². The summed E-state index contributed by atoms with van der Waals surface area (Å²) in [5, 5.41) is 4.28. The zero-order chi connectivity index (χ0) is 20.5. The van der Waals surface area contributed by atoms with Crippen molar-refractivity contribution in [3.63, 3.8) is 0 Å². The Labute approximate surface area is 171 Å². The van der Waals surface area contributed by atoms with Crippen LogP contribution >= 0.6 is 11.6 Å². The fraction of sp³-hybridized carbons (Fsp3) is 0.300. The maximum absolute atomic E-state index is 14.2. The van der Waals surface area contributed by atoms with E-state index in [1.165, 1.54) is 6.07 Å². The molecule has 2 unspecified atom stereocenters. The Hall–Kier alpha value is -3.00. The monoisotopic (exact) mass is 414 g/mol. The number of H-pyrrole nitrogens is 1. The topological polar surface area (TPSA) is 106 Å². The molecular weight excluding hydrogens is 395 g/mol. The number of hydrogen-bond acceptors (Lipinski definition) is 6. The van der Waals surface area contributed by atoms with Gasteiger partial charge >= 0.3 is 0 Å². The number of rotatable bonds is 5. The molecule has 4 rings (SSSR count). The third-order valence-electron chi connectivity index (χ3n) is 5.00. The van der Waals surface area contributed by atoms with E-state index in [1.54, 1.807) is 18.3 Å². The van der Waals surface area contributed by atoms with Crippen LogP contribution in [0.3, 0.4) is 0 Å². The van der Waals surface area contributed by atoms with E-state index in [2.05, 4.69) is 32.0 Å². The van der Waals surface area contributed by atoms with Crippen LogP contribution in [0.2, 0.25) is 5.02 Å². The number of halogens is 2. The third kappa shape index (κ3) is 3.67. The lowest BCUT2D eigenvalue weighted by molar-refractivity contribution is 0.395. The molecule has 1 aliphatic rings. The average Bonchev–Trinajstić information content (AvgIpc) is 3.35. The molecule has 7 nitrogen and oxygen atoms in total. The van der Waals surface area contributed by atoms with Crippen LogP contribution in [0.5, 0.6) is 0 Å². The second kappa shape index (κ2) is 7.79. The van der Waals surface area contributed by atoms with E-state index in [1.807, 2.05) is 13.0 Å². The summed E-state index contributed by atoms with van der Waals surface area (Å²) in [6.45, 7) is 4.12. The van der Waals surface area contributed by atoms with E-state index < -0.39 is 5.82 Å². The Morgan fingerprint density at radius 3 is 2.90 bits per heavy atom. The lowest BCUT2D eigenvalue weighted by Crippen LogP contribution is -2.07. The van der Waals surface area contributed by atoms with E-state index in [9.17, 15) is 4.39 Å². The molecule has 150 valence electrons. The van der Waals surface area contributed by atoms with E-state index >= 15 is 0 Å². The number of imidazole rings is 1. The number of nitrogens with zero attached hydrogens (tertiary/aromatic N) is 4. The first-order valence-electron chi connectivity index (χ1n) is 9.36. The summed E-state index contributed by atoms with van der Waals surface area (Å²) in [5.74, 6) is 1.26. The van der Waals surface area contributed by atoms with Crippen molar-refractivity contribution >= 4 is 29.3 Å². The van der Waals surface area contributed by atoms with Gasteiger partial charge in [-0.1, -0.05) is 42.7 Å². The number of anilines is 1. The SMILES string of the molecule is CCC(C)c1noc(C2=CCC(c3[nH]c(-c4c(F)cccc4Cl)nc3N)C=N2)n1. The number of hydrogen-bond donors (Lipinski definition) is 2. The first-order valence-corrected chi connectivity index (χ1v) is 9.73. The van der Waals surface area contributed by atoms with E-state index in [-0.39, 0.29) is 28.2 Å². The highest BCUT2D eigenvalue weighted by Gasteiger charge is 2.23. The van der Waals surface area contributed by atoms with Crippen molar-refractivity contribution in [2.45, 2.75) is 38.5 Å². The standard InChI is InChI=1S/C20H20ClFN6O/c1-3-10(2)18-27-20(29-28-18)14-8-7-11(9-24-14)16-17(23)26-19(25-16)15-12(21)5-4-6-13(15)22/h4-6,8-11H,3,7,23H2,1-2H3,(H,25,26). The zero-order valence-electron chi connectivity index (χ0n) is 16.0. The molecule has 9 heteroatoms. The fourth-order valence-corrected chi connectivity index (χ4v) is 3.36. The predicted molar refractivity (Wildman–Crippen MR) is 110 cm³/mol. The van der Waals surface area contributed by atoms with Gasteiger partial charge in [0.15, 0.2) is 5.82 Å². The lowest BCUT2D eigenvalue weighted by Gasteiger charge is -2.13. The summed E-state index contributed by atoms with van der Waals surface area (Å²) in [5.41, 5.74) is 7.55. The lowest BCUT2D eigenvalue weighted by atomic mass is 10.00. The van der Waals surface area contributed by atoms with Gasteiger partial charge in [0.25, 0.3) is 5.89 Å². The van der Waals surface area contributed by atoms with Crippen LogP contribution in [0.15, 0.2) is 33.8 Å². The molecule has 1 aromatic carbocycles. The summed E-state index contributed by atoms with van der Waals surface area (Å²) >= 11 is 6.13. The van der Waals surface area contributed by atoms with Crippen molar-refractivity contribution in [2.75, 3.05) is 5.73 Å². The molecule has 2 atom stereocenters. The number of nitrogens with one attached hydrogen (secondary N) is 1. The minimum absolute atomic E-state index is 0.137. The molecule has 2 aromatic heterocycles. The van der Waals surface area contributed by atoms with Crippen molar-refractivity contribution in [1.82, 2.24) is 20.1 Å².